The van der Waals surface area contributed by atoms with Crippen molar-refractivity contribution in [2.24, 2.45) is 5.92 Å². The molecule has 2 radical (unpaired) electrons. The molecule has 1 aliphatic rings. The van der Waals surface area contributed by atoms with E-state index in [2.05, 4.69) is 22.2 Å². The number of aromatic nitrogens is 3. The Morgan fingerprint density at radius 2 is 2.27 bits per heavy atom. The van der Waals surface area contributed by atoms with Crippen molar-refractivity contribution < 1.29 is 75.3 Å². The second-order valence-electron chi connectivity index (χ2n) is 5.43. The molecule has 0 aliphatic carbocycles. The number of aryl methyl sites for hydroxylation is 1. The summed E-state index contributed by atoms with van der Waals surface area (Å²) < 4.78 is 7.83. The molecule has 5 nitrogen and oxygen atoms in total. The van der Waals surface area contributed by atoms with E-state index >= 15 is 0 Å². The van der Waals surface area contributed by atoms with Crippen LogP contribution >= 0.6 is 0 Å². The summed E-state index contributed by atoms with van der Waals surface area (Å²) in [5, 5.41) is 13.6. The van der Waals surface area contributed by atoms with E-state index in [1.54, 1.807) is 11.0 Å². The van der Waals surface area contributed by atoms with Gasteiger partial charge in [-0.15, -0.1) is 5.56 Å². The van der Waals surface area contributed by atoms with Gasteiger partial charge in [-0.2, -0.15) is 34.9 Å². The van der Waals surface area contributed by atoms with Crippen LogP contribution in [0.25, 0.3) is 0 Å². The molecule has 0 saturated carbocycles. The Labute approximate surface area is 181 Å². The van der Waals surface area contributed by atoms with E-state index in [4.69, 9.17) is 4.74 Å². The van der Waals surface area contributed by atoms with Crippen LogP contribution in [0, 0.1) is 18.9 Å². The van der Waals surface area contributed by atoms with Gasteiger partial charge in [0.2, 0.25) is 0 Å². The van der Waals surface area contributed by atoms with Crippen LogP contribution in [0.5, 0.6) is 0 Å². The molecule has 1 N–H and O–H groups in total. The van der Waals surface area contributed by atoms with E-state index in [0.717, 1.165) is 12.0 Å². The minimum atomic E-state index is -0.477. The Morgan fingerprint density at radius 3 is 2.82 bits per heavy atom. The van der Waals surface area contributed by atoms with E-state index in [1.807, 2.05) is 19.1 Å². The first kappa shape index (κ1) is 20.5. The van der Waals surface area contributed by atoms with Crippen LogP contribution in [-0.2, 0) is 82.3 Å². The first-order valence-corrected chi connectivity index (χ1v) is 6.78. The van der Waals surface area contributed by atoms with Crippen LogP contribution in [0.4, 0.5) is 0 Å². The molecule has 1 aromatic carbocycles. The Kier molecular flexibility index (Phi) is 8.49. The van der Waals surface area contributed by atoms with Crippen molar-refractivity contribution in [1.29, 1.82) is 0 Å². The molecule has 1 aliphatic heterocycles. The summed E-state index contributed by atoms with van der Waals surface area (Å²) in [6, 6.07) is 9.38. The average Bonchev–Trinajstić information content (AvgIpc) is 3.10. The molecule has 112 valence electrons. The molecule has 2 atom stereocenters. The molecule has 7 heteroatoms. The van der Waals surface area contributed by atoms with Crippen molar-refractivity contribution in [3.63, 3.8) is 0 Å². The molecular formula is C15H18N3O2Y2-. The molecule has 22 heavy (non-hydrogen) atoms. The number of hydrogen-bond acceptors (Lipinski definition) is 4. The van der Waals surface area contributed by atoms with E-state index in [0.29, 0.717) is 13.2 Å². The van der Waals surface area contributed by atoms with Crippen LogP contribution in [0.2, 0.25) is 0 Å². The quantitative estimate of drug-likeness (QED) is 0.715. The summed E-state index contributed by atoms with van der Waals surface area (Å²) >= 11 is 0. The van der Waals surface area contributed by atoms with Gasteiger partial charge in [0.25, 0.3) is 0 Å². The predicted molar refractivity (Wildman–Crippen MR) is 72.9 cm³/mol. The van der Waals surface area contributed by atoms with Gasteiger partial charge < -0.3 is 9.84 Å². The van der Waals surface area contributed by atoms with Crippen molar-refractivity contribution in [2.75, 3.05) is 13.2 Å². The SMILES string of the molecule is Cc1c[c-]c(C2(Cn3cncn3)C[C@H](CO)CO2)cc1.[Y].[Y]. The van der Waals surface area contributed by atoms with Gasteiger partial charge in [-0.1, -0.05) is 6.92 Å². The van der Waals surface area contributed by atoms with Gasteiger partial charge in [-0.25, -0.2) is 9.67 Å². The zero-order valence-electron chi connectivity index (χ0n) is 12.6. The van der Waals surface area contributed by atoms with Gasteiger partial charge >= 0.3 is 0 Å². The Bertz CT molecular complexity index is 563. The van der Waals surface area contributed by atoms with Crippen molar-refractivity contribution in [3.8, 4) is 0 Å². The van der Waals surface area contributed by atoms with Gasteiger partial charge in [0.1, 0.15) is 12.7 Å². The molecule has 0 spiro atoms. The molecule has 1 saturated heterocycles. The third-order valence-electron chi connectivity index (χ3n) is 3.82. The Morgan fingerprint density at radius 1 is 1.45 bits per heavy atom. The zero-order valence-corrected chi connectivity index (χ0v) is 18.3. The van der Waals surface area contributed by atoms with E-state index < -0.39 is 5.60 Å². The topological polar surface area (TPSA) is 60.2 Å². The molecular weight excluding hydrogens is 432 g/mol. The van der Waals surface area contributed by atoms with E-state index in [-0.39, 0.29) is 77.9 Å². The van der Waals surface area contributed by atoms with Gasteiger partial charge in [-0.05, 0) is 6.42 Å². The standard InChI is InChI=1S/C15H18N3O2.2Y/c1-12-2-4-14(5-3-12)15(6-13(7-19)8-20-15)9-18-11-16-10-17-18;;/h2-4,10-11,13,19H,6-9H2,1H3;;/q-1;;/t13-,15?;;/m1../s1. The van der Waals surface area contributed by atoms with Gasteiger partial charge in [-0.3, -0.25) is 0 Å². The normalized spacial score (nSPS) is 23.6. The maximum absolute atomic E-state index is 9.39. The molecule has 2 heterocycles. The number of hydrogen-bond donors (Lipinski definition) is 1. The molecule has 2 aromatic rings. The third-order valence-corrected chi connectivity index (χ3v) is 3.82. The first-order chi connectivity index (χ1) is 9.72. The van der Waals surface area contributed by atoms with Crippen LogP contribution in [0.3, 0.4) is 0 Å². The summed E-state index contributed by atoms with van der Waals surface area (Å²) in [4.78, 5) is 3.98. The van der Waals surface area contributed by atoms with Crippen LogP contribution in [0.1, 0.15) is 17.5 Å². The third kappa shape index (κ3) is 4.52. The maximum atomic E-state index is 9.39. The van der Waals surface area contributed by atoms with E-state index in [1.165, 1.54) is 11.9 Å². The van der Waals surface area contributed by atoms with Crippen molar-refractivity contribution in [1.82, 2.24) is 14.8 Å². The molecule has 0 bridgehead atoms. The molecule has 0 amide bonds. The summed E-state index contributed by atoms with van der Waals surface area (Å²) in [5.74, 6) is 0.160. The zero-order chi connectivity index (χ0) is 14.0. The predicted octanol–water partition coefficient (Wildman–Crippen LogP) is 1.31. The number of aliphatic hydroxyl groups is 1. The van der Waals surface area contributed by atoms with E-state index in [9.17, 15) is 5.11 Å². The number of rotatable bonds is 4. The summed E-state index contributed by atoms with van der Waals surface area (Å²) in [6.07, 6.45) is 3.97. The van der Waals surface area contributed by atoms with Crippen LogP contribution < -0.4 is 0 Å². The Balaban J connectivity index is 0.00000121. The van der Waals surface area contributed by atoms with Crippen LogP contribution in [-0.4, -0.2) is 33.1 Å². The number of aliphatic hydroxyl groups excluding tert-OH is 1. The van der Waals surface area contributed by atoms with Crippen molar-refractivity contribution in [2.45, 2.75) is 25.5 Å². The maximum Gasteiger partial charge on any atom is 0.137 e. The van der Waals surface area contributed by atoms with Crippen LogP contribution in [0.15, 0.2) is 30.9 Å². The first-order valence-electron chi connectivity index (χ1n) is 6.78. The van der Waals surface area contributed by atoms with Gasteiger partial charge in [0.15, 0.2) is 0 Å². The minimum absolute atomic E-state index is 0. The largest absolute Gasteiger partial charge is 0.396 e. The fourth-order valence-corrected chi connectivity index (χ4v) is 2.72. The number of benzene rings is 1. The summed E-state index contributed by atoms with van der Waals surface area (Å²) in [5.41, 5.74) is 1.70. The number of ether oxygens (including phenoxy) is 1. The van der Waals surface area contributed by atoms with Crippen molar-refractivity contribution in [3.05, 3.63) is 48.0 Å². The molecule has 1 fully saturated rings. The molecule has 1 aromatic heterocycles. The van der Waals surface area contributed by atoms with Crippen molar-refractivity contribution >= 4 is 0 Å². The second kappa shape index (κ2) is 9.10. The monoisotopic (exact) mass is 450 g/mol. The Hall–Kier alpha value is 0.488. The second-order valence-corrected chi connectivity index (χ2v) is 5.43. The molecule has 3 rings (SSSR count). The van der Waals surface area contributed by atoms with Gasteiger partial charge in [0.05, 0.1) is 18.8 Å². The van der Waals surface area contributed by atoms with Gasteiger partial charge in [0, 0.05) is 77.9 Å². The fraction of sp³-hybridized carbons (Fsp3) is 0.467. The smallest absolute Gasteiger partial charge is 0.137 e. The average molecular weight is 450 g/mol. The summed E-state index contributed by atoms with van der Waals surface area (Å²) in [6.45, 7) is 3.33. The fourth-order valence-electron chi connectivity index (χ4n) is 2.72. The number of nitrogens with zero attached hydrogens (tertiary/aromatic N) is 3. The molecule has 1 unspecified atom stereocenters. The minimum Gasteiger partial charge on any atom is -0.396 e. The summed E-state index contributed by atoms with van der Waals surface area (Å²) in [7, 11) is 0.